The summed E-state index contributed by atoms with van der Waals surface area (Å²) in [6, 6.07) is 10.7. The van der Waals surface area contributed by atoms with Crippen LogP contribution in [-0.2, 0) is 0 Å². The molecule has 1 aliphatic rings. The lowest BCUT2D eigenvalue weighted by Crippen LogP contribution is -2.25. The molecule has 3 nitrogen and oxygen atoms in total. The van der Waals surface area contributed by atoms with Crippen LogP contribution in [0.5, 0.6) is 0 Å². The Kier molecular flexibility index (Phi) is 3.85. The quantitative estimate of drug-likeness (QED) is 0.869. The standard InChI is InChI=1S/C18H25N3/c1-4-10-19-17(16-11-18(16,2)3)14-12-20-21(13-14)15-8-6-5-7-9-15/h5-9,12-13,16-17,19H,4,10-11H2,1-3H3. The van der Waals surface area contributed by atoms with Gasteiger partial charge in [-0.05, 0) is 42.9 Å². The van der Waals surface area contributed by atoms with Gasteiger partial charge in [0.25, 0.3) is 0 Å². The van der Waals surface area contributed by atoms with Crippen molar-refractivity contribution in [1.29, 1.82) is 0 Å². The first-order chi connectivity index (χ1) is 10.1. The second-order valence-electron chi connectivity index (χ2n) is 6.78. The summed E-state index contributed by atoms with van der Waals surface area (Å²) in [7, 11) is 0. The third-order valence-electron chi connectivity index (χ3n) is 4.59. The number of benzene rings is 1. The summed E-state index contributed by atoms with van der Waals surface area (Å²) in [6.07, 6.45) is 6.66. The van der Waals surface area contributed by atoms with Crippen LogP contribution in [0, 0.1) is 11.3 Å². The lowest BCUT2D eigenvalue weighted by atomic mass is 9.99. The van der Waals surface area contributed by atoms with E-state index in [2.05, 4.69) is 49.5 Å². The van der Waals surface area contributed by atoms with E-state index in [0.717, 1.165) is 24.6 Å². The first-order valence-electron chi connectivity index (χ1n) is 7.95. The van der Waals surface area contributed by atoms with Crippen molar-refractivity contribution in [1.82, 2.24) is 15.1 Å². The van der Waals surface area contributed by atoms with Gasteiger partial charge in [0.2, 0.25) is 0 Å². The van der Waals surface area contributed by atoms with Crippen LogP contribution < -0.4 is 5.32 Å². The molecule has 0 saturated heterocycles. The van der Waals surface area contributed by atoms with Crippen LogP contribution in [0.4, 0.5) is 0 Å². The van der Waals surface area contributed by atoms with Crippen LogP contribution >= 0.6 is 0 Å². The van der Waals surface area contributed by atoms with Gasteiger partial charge in [0.1, 0.15) is 0 Å². The van der Waals surface area contributed by atoms with Crippen molar-refractivity contribution in [2.24, 2.45) is 11.3 Å². The fourth-order valence-electron chi connectivity index (χ4n) is 3.09. The molecule has 2 aromatic rings. The molecule has 112 valence electrons. The normalized spacial score (nSPS) is 21.2. The molecule has 3 heteroatoms. The maximum atomic E-state index is 4.55. The average Bonchev–Trinajstić information content (AvgIpc) is 2.91. The molecule has 1 N–H and O–H groups in total. The molecule has 0 aliphatic heterocycles. The van der Waals surface area contributed by atoms with E-state index in [1.54, 1.807) is 0 Å². The molecule has 1 aliphatic carbocycles. The van der Waals surface area contributed by atoms with E-state index in [4.69, 9.17) is 0 Å². The summed E-state index contributed by atoms with van der Waals surface area (Å²) in [5.41, 5.74) is 2.89. The molecule has 2 atom stereocenters. The fraction of sp³-hybridized carbons (Fsp3) is 0.500. The Hall–Kier alpha value is -1.61. The number of nitrogens with zero attached hydrogens (tertiary/aromatic N) is 2. The second kappa shape index (κ2) is 5.64. The van der Waals surface area contributed by atoms with Crippen molar-refractivity contribution in [2.75, 3.05) is 6.54 Å². The van der Waals surface area contributed by atoms with Gasteiger partial charge in [-0.2, -0.15) is 5.10 Å². The van der Waals surface area contributed by atoms with Gasteiger partial charge < -0.3 is 5.32 Å². The van der Waals surface area contributed by atoms with Crippen molar-refractivity contribution in [3.63, 3.8) is 0 Å². The summed E-state index contributed by atoms with van der Waals surface area (Å²) in [4.78, 5) is 0. The van der Waals surface area contributed by atoms with E-state index >= 15 is 0 Å². The molecule has 1 heterocycles. The van der Waals surface area contributed by atoms with Gasteiger partial charge in [0.15, 0.2) is 0 Å². The van der Waals surface area contributed by atoms with Gasteiger partial charge in [-0.25, -0.2) is 4.68 Å². The van der Waals surface area contributed by atoms with Crippen molar-refractivity contribution in [3.05, 3.63) is 48.3 Å². The van der Waals surface area contributed by atoms with Gasteiger partial charge in [0, 0.05) is 17.8 Å². The highest BCUT2D eigenvalue weighted by molar-refractivity contribution is 5.32. The lowest BCUT2D eigenvalue weighted by molar-refractivity contribution is 0.416. The van der Waals surface area contributed by atoms with E-state index < -0.39 is 0 Å². The van der Waals surface area contributed by atoms with E-state index in [1.807, 2.05) is 29.1 Å². The highest BCUT2D eigenvalue weighted by atomic mass is 15.3. The third kappa shape index (κ3) is 3.03. The molecule has 1 fully saturated rings. The Morgan fingerprint density at radius 1 is 1.33 bits per heavy atom. The van der Waals surface area contributed by atoms with E-state index in [9.17, 15) is 0 Å². The Balaban J connectivity index is 1.82. The predicted octanol–water partition coefficient (Wildman–Crippen LogP) is 3.96. The second-order valence-corrected chi connectivity index (χ2v) is 6.78. The number of hydrogen-bond donors (Lipinski definition) is 1. The minimum Gasteiger partial charge on any atom is -0.310 e. The molecule has 3 rings (SSSR count). The fourth-order valence-corrected chi connectivity index (χ4v) is 3.09. The van der Waals surface area contributed by atoms with E-state index in [1.165, 1.54) is 12.0 Å². The third-order valence-corrected chi connectivity index (χ3v) is 4.59. The first-order valence-corrected chi connectivity index (χ1v) is 7.95. The number of aromatic nitrogens is 2. The first kappa shape index (κ1) is 14.3. The molecule has 1 aromatic heterocycles. The molecule has 2 unspecified atom stereocenters. The van der Waals surface area contributed by atoms with Gasteiger partial charge in [-0.1, -0.05) is 39.0 Å². The smallest absolute Gasteiger partial charge is 0.0645 e. The van der Waals surface area contributed by atoms with Gasteiger partial charge >= 0.3 is 0 Å². The maximum absolute atomic E-state index is 4.55. The van der Waals surface area contributed by atoms with E-state index in [-0.39, 0.29) is 0 Å². The van der Waals surface area contributed by atoms with E-state index in [0.29, 0.717) is 11.5 Å². The maximum Gasteiger partial charge on any atom is 0.0645 e. The molecule has 0 radical (unpaired) electrons. The zero-order valence-electron chi connectivity index (χ0n) is 13.2. The van der Waals surface area contributed by atoms with Gasteiger partial charge in [-0.3, -0.25) is 0 Å². The Morgan fingerprint density at radius 3 is 2.67 bits per heavy atom. The molecule has 0 spiro atoms. The van der Waals surface area contributed by atoms with Gasteiger partial charge in [-0.15, -0.1) is 0 Å². The highest BCUT2D eigenvalue weighted by Crippen LogP contribution is 2.57. The van der Waals surface area contributed by atoms with Crippen molar-refractivity contribution < 1.29 is 0 Å². The summed E-state index contributed by atoms with van der Waals surface area (Å²) in [6.45, 7) is 8.00. The van der Waals surface area contributed by atoms with Crippen LogP contribution in [0.2, 0.25) is 0 Å². The van der Waals surface area contributed by atoms with Crippen LogP contribution in [0.15, 0.2) is 42.7 Å². The topological polar surface area (TPSA) is 29.9 Å². The van der Waals surface area contributed by atoms with Crippen LogP contribution in [-0.4, -0.2) is 16.3 Å². The SMILES string of the molecule is CCCNC(c1cnn(-c2ccccc2)c1)C1CC1(C)C. The lowest BCUT2D eigenvalue weighted by Gasteiger charge is -2.19. The Bertz CT molecular complexity index is 586. The summed E-state index contributed by atoms with van der Waals surface area (Å²) < 4.78 is 1.98. The predicted molar refractivity (Wildman–Crippen MR) is 86.5 cm³/mol. The molecular weight excluding hydrogens is 258 g/mol. The summed E-state index contributed by atoms with van der Waals surface area (Å²) in [5, 5.41) is 8.26. The molecule has 21 heavy (non-hydrogen) atoms. The van der Waals surface area contributed by atoms with Crippen LogP contribution in [0.3, 0.4) is 0 Å². The molecule has 1 aromatic carbocycles. The Labute approximate surface area is 127 Å². The molecule has 1 saturated carbocycles. The van der Waals surface area contributed by atoms with Crippen molar-refractivity contribution in [3.8, 4) is 5.69 Å². The minimum absolute atomic E-state index is 0.428. The van der Waals surface area contributed by atoms with Crippen molar-refractivity contribution >= 4 is 0 Å². The zero-order chi connectivity index (χ0) is 14.9. The highest BCUT2D eigenvalue weighted by Gasteiger charge is 2.50. The number of para-hydroxylation sites is 1. The summed E-state index contributed by atoms with van der Waals surface area (Å²) in [5.74, 6) is 0.720. The van der Waals surface area contributed by atoms with Gasteiger partial charge in [0.05, 0.1) is 11.9 Å². The monoisotopic (exact) mass is 283 g/mol. The van der Waals surface area contributed by atoms with Crippen molar-refractivity contribution in [2.45, 2.75) is 39.7 Å². The largest absolute Gasteiger partial charge is 0.310 e. The molecular formula is C18H25N3. The number of hydrogen-bond acceptors (Lipinski definition) is 2. The molecule has 0 bridgehead atoms. The summed E-state index contributed by atoms with van der Waals surface area (Å²) >= 11 is 0. The van der Waals surface area contributed by atoms with Crippen LogP contribution in [0.25, 0.3) is 5.69 Å². The van der Waals surface area contributed by atoms with Crippen LogP contribution in [0.1, 0.15) is 45.2 Å². The number of nitrogens with one attached hydrogen (secondary N) is 1. The number of rotatable bonds is 6. The average molecular weight is 283 g/mol. The molecule has 0 amide bonds. The Morgan fingerprint density at radius 2 is 2.05 bits per heavy atom. The zero-order valence-corrected chi connectivity index (χ0v) is 13.2. The minimum atomic E-state index is 0.428.